The zero-order valence-electron chi connectivity index (χ0n) is 10.7. The van der Waals surface area contributed by atoms with E-state index in [1.165, 1.54) is 12.1 Å². The summed E-state index contributed by atoms with van der Waals surface area (Å²) in [6, 6.07) is 3.76. The van der Waals surface area contributed by atoms with E-state index in [0.717, 1.165) is 12.0 Å². The van der Waals surface area contributed by atoms with Gasteiger partial charge in [-0.15, -0.1) is 0 Å². The predicted octanol–water partition coefficient (Wildman–Crippen LogP) is 0.356. The molecular formula is C12H16ClN3O3S. The molecule has 6 nitrogen and oxygen atoms in total. The molecule has 1 atom stereocenters. The Morgan fingerprint density at radius 3 is 2.80 bits per heavy atom. The van der Waals surface area contributed by atoms with Crippen molar-refractivity contribution < 1.29 is 13.2 Å². The van der Waals surface area contributed by atoms with Crippen LogP contribution in [0, 0.1) is 0 Å². The Kier molecular flexibility index (Phi) is 4.64. The molecule has 0 aromatic heterocycles. The molecule has 1 aliphatic heterocycles. The smallest absolute Gasteiger partial charge is 0.242 e. The van der Waals surface area contributed by atoms with Crippen molar-refractivity contribution in [1.29, 1.82) is 0 Å². The van der Waals surface area contributed by atoms with Gasteiger partial charge in [0.05, 0.1) is 5.02 Å². The third-order valence-corrected chi connectivity index (χ3v) is 5.06. The molecule has 4 N–H and O–H groups in total. The number of nitrogens with two attached hydrogens (primary N) is 1. The highest BCUT2D eigenvalue weighted by molar-refractivity contribution is 7.89. The molecule has 1 amide bonds. The average molecular weight is 318 g/mol. The van der Waals surface area contributed by atoms with Crippen molar-refractivity contribution in [3.05, 3.63) is 28.8 Å². The first-order valence-corrected chi connectivity index (χ1v) is 8.08. The fourth-order valence-corrected chi connectivity index (χ4v) is 3.82. The van der Waals surface area contributed by atoms with Crippen LogP contribution in [0.3, 0.4) is 0 Å². The summed E-state index contributed by atoms with van der Waals surface area (Å²) in [5.41, 5.74) is 6.21. The molecule has 1 fully saturated rings. The molecule has 1 aliphatic rings. The van der Waals surface area contributed by atoms with E-state index >= 15 is 0 Å². The average Bonchev–Trinajstić information content (AvgIpc) is 2.40. The standard InChI is InChI=1S/C12H16ClN3O3S/c13-9-6-8(7-14)3-4-11(9)20(18,19)16-10-2-1-5-15-12(10)17/h3-4,6,10,16H,1-2,5,7,14H2,(H,15,17). The lowest BCUT2D eigenvalue weighted by Crippen LogP contribution is -2.50. The number of sulfonamides is 1. The van der Waals surface area contributed by atoms with Gasteiger partial charge in [0.15, 0.2) is 0 Å². The van der Waals surface area contributed by atoms with Gasteiger partial charge in [-0.25, -0.2) is 8.42 Å². The van der Waals surface area contributed by atoms with Crippen LogP contribution in [0.25, 0.3) is 0 Å². The van der Waals surface area contributed by atoms with Crippen LogP contribution in [0.5, 0.6) is 0 Å². The first-order valence-electron chi connectivity index (χ1n) is 6.22. The van der Waals surface area contributed by atoms with Gasteiger partial charge in [-0.2, -0.15) is 4.72 Å². The molecule has 0 saturated carbocycles. The second kappa shape index (κ2) is 6.09. The summed E-state index contributed by atoms with van der Waals surface area (Å²) >= 11 is 5.97. The van der Waals surface area contributed by atoms with Crippen molar-refractivity contribution in [2.75, 3.05) is 6.54 Å². The van der Waals surface area contributed by atoms with E-state index in [1.807, 2.05) is 0 Å². The Morgan fingerprint density at radius 1 is 1.45 bits per heavy atom. The first-order chi connectivity index (χ1) is 9.44. The maximum absolute atomic E-state index is 12.3. The molecule has 1 aromatic rings. The fraction of sp³-hybridized carbons (Fsp3) is 0.417. The number of hydrogen-bond acceptors (Lipinski definition) is 4. The Hall–Kier alpha value is -1.15. The minimum Gasteiger partial charge on any atom is -0.355 e. The Morgan fingerprint density at radius 2 is 2.20 bits per heavy atom. The summed E-state index contributed by atoms with van der Waals surface area (Å²) in [5.74, 6) is -0.311. The summed E-state index contributed by atoms with van der Waals surface area (Å²) in [6.45, 7) is 0.849. The highest BCUT2D eigenvalue weighted by Gasteiger charge is 2.28. The fourth-order valence-electron chi connectivity index (χ4n) is 2.02. The highest BCUT2D eigenvalue weighted by atomic mass is 35.5. The number of carbonyl (C=O) groups is 1. The van der Waals surface area contributed by atoms with Gasteiger partial charge in [0.2, 0.25) is 15.9 Å². The van der Waals surface area contributed by atoms with E-state index in [2.05, 4.69) is 10.0 Å². The van der Waals surface area contributed by atoms with E-state index in [0.29, 0.717) is 13.0 Å². The van der Waals surface area contributed by atoms with Crippen LogP contribution in [0.4, 0.5) is 0 Å². The van der Waals surface area contributed by atoms with Crippen molar-refractivity contribution in [3.8, 4) is 0 Å². The molecule has 8 heteroatoms. The number of benzene rings is 1. The van der Waals surface area contributed by atoms with Crippen molar-refractivity contribution in [3.63, 3.8) is 0 Å². The molecule has 0 spiro atoms. The van der Waals surface area contributed by atoms with E-state index < -0.39 is 16.1 Å². The van der Waals surface area contributed by atoms with Crippen LogP contribution in [-0.2, 0) is 21.4 Å². The van der Waals surface area contributed by atoms with E-state index in [-0.39, 0.29) is 22.4 Å². The largest absolute Gasteiger partial charge is 0.355 e. The maximum atomic E-state index is 12.3. The Labute approximate surface area is 122 Å². The lowest BCUT2D eigenvalue weighted by Gasteiger charge is -2.22. The number of halogens is 1. The molecule has 1 saturated heterocycles. The van der Waals surface area contributed by atoms with E-state index in [1.54, 1.807) is 6.07 Å². The van der Waals surface area contributed by atoms with Crippen molar-refractivity contribution in [1.82, 2.24) is 10.0 Å². The molecule has 1 unspecified atom stereocenters. The number of hydrogen-bond donors (Lipinski definition) is 3. The highest BCUT2D eigenvalue weighted by Crippen LogP contribution is 2.23. The van der Waals surface area contributed by atoms with Crippen molar-refractivity contribution in [2.24, 2.45) is 5.73 Å². The second-order valence-corrected chi connectivity index (χ2v) is 6.67. The van der Waals surface area contributed by atoms with Crippen LogP contribution in [0.2, 0.25) is 5.02 Å². The molecule has 2 rings (SSSR count). The Balaban J connectivity index is 2.24. The Bertz CT molecular complexity index is 618. The molecule has 110 valence electrons. The summed E-state index contributed by atoms with van der Waals surface area (Å²) < 4.78 is 26.9. The molecule has 0 bridgehead atoms. The van der Waals surface area contributed by atoms with Crippen molar-refractivity contribution >= 4 is 27.5 Å². The lowest BCUT2D eigenvalue weighted by atomic mass is 10.1. The molecular weight excluding hydrogens is 302 g/mol. The summed E-state index contributed by atoms with van der Waals surface area (Å²) in [4.78, 5) is 11.6. The zero-order chi connectivity index (χ0) is 14.8. The molecule has 1 aromatic carbocycles. The van der Waals surface area contributed by atoms with Gasteiger partial charge >= 0.3 is 0 Å². The van der Waals surface area contributed by atoms with Gasteiger partial charge in [-0.1, -0.05) is 17.7 Å². The quantitative estimate of drug-likeness (QED) is 0.746. The maximum Gasteiger partial charge on any atom is 0.242 e. The SMILES string of the molecule is NCc1ccc(S(=O)(=O)NC2CCCNC2=O)c(Cl)c1. The number of carbonyl (C=O) groups excluding carboxylic acids is 1. The number of rotatable bonds is 4. The van der Waals surface area contributed by atoms with E-state index in [4.69, 9.17) is 17.3 Å². The normalized spacial score (nSPS) is 19.7. The van der Waals surface area contributed by atoms with Crippen LogP contribution in [0.15, 0.2) is 23.1 Å². The molecule has 1 heterocycles. The molecule has 20 heavy (non-hydrogen) atoms. The van der Waals surface area contributed by atoms with Crippen LogP contribution in [0.1, 0.15) is 18.4 Å². The third kappa shape index (κ3) is 3.29. The molecule has 0 radical (unpaired) electrons. The zero-order valence-corrected chi connectivity index (χ0v) is 12.3. The second-order valence-electron chi connectivity index (χ2n) is 4.58. The summed E-state index contributed by atoms with van der Waals surface area (Å²) in [7, 11) is -3.83. The minimum absolute atomic E-state index is 0.0465. The third-order valence-electron chi connectivity index (χ3n) is 3.10. The van der Waals surface area contributed by atoms with Crippen LogP contribution in [-0.4, -0.2) is 26.9 Å². The predicted molar refractivity (Wildman–Crippen MR) is 75.7 cm³/mol. The molecule has 0 aliphatic carbocycles. The number of nitrogens with one attached hydrogen (secondary N) is 2. The van der Waals surface area contributed by atoms with Crippen LogP contribution >= 0.6 is 11.6 Å². The monoisotopic (exact) mass is 317 g/mol. The van der Waals surface area contributed by atoms with Gasteiger partial charge in [-0.3, -0.25) is 4.79 Å². The lowest BCUT2D eigenvalue weighted by molar-refractivity contribution is -0.124. The van der Waals surface area contributed by atoms with Crippen molar-refractivity contribution in [2.45, 2.75) is 30.3 Å². The van der Waals surface area contributed by atoms with E-state index in [9.17, 15) is 13.2 Å². The minimum atomic E-state index is -3.83. The van der Waals surface area contributed by atoms with Gasteiger partial charge in [0.25, 0.3) is 0 Å². The first kappa shape index (κ1) is 15.2. The number of amides is 1. The summed E-state index contributed by atoms with van der Waals surface area (Å²) in [6.07, 6.45) is 1.21. The van der Waals surface area contributed by atoms with Crippen LogP contribution < -0.4 is 15.8 Å². The summed E-state index contributed by atoms with van der Waals surface area (Å²) in [5, 5.41) is 2.72. The van der Waals surface area contributed by atoms with Gasteiger partial charge in [0.1, 0.15) is 10.9 Å². The van der Waals surface area contributed by atoms with Gasteiger partial charge < -0.3 is 11.1 Å². The topological polar surface area (TPSA) is 101 Å². The number of piperidine rings is 1. The van der Waals surface area contributed by atoms with Gasteiger partial charge in [0, 0.05) is 13.1 Å². The van der Waals surface area contributed by atoms with Gasteiger partial charge in [-0.05, 0) is 30.5 Å².